The van der Waals surface area contributed by atoms with Crippen molar-refractivity contribution in [2.75, 3.05) is 13.2 Å². The third kappa shape index (κ3) is 4.33. The first-order valence-corrected chi connectivity index (χ1v) is 10.5. The van der Waals surface area contributed by atoms with Crippen LogP contribution >= 0.6 is 0 Å². The molecule has 1 aliphatic carbocycles. The van der Waals surface area contributed by atoms with Gasteiger partial charge < -0.3 is 20.3 Å². The second-order valence-electron chi connectivity index (χ2n) is 8.08. The molecule has 0 saturated carbocycles. The number of carbonyl (C=O) groups is 1. The van der Waals surface area contributed by atoms with Crippen molar-refractivity contribution >= 4 is 6.09 Å². The molecule has 5 nitrogen and oxygen atoms in total. The van der Waals surface area contributed by atoms with E-state index in [1.54, 1.807) is 6.07 Å². The molecule has 0 fully saturated rings. The molecule has 0 bridgehead atoms. The quantitative estimate of drug-likeness (QED) is 0.561. The second-order valence-corrected chi connectivity index (χ2v) is 8.08. The van der Waals surface area contributed by atoms with E-state index < -0.39 is 18.3 Å². The molecular weight excluding hydrogens is 390 g/mol. The van der Waals surface area contributed by atoms with Crippen molar-refractivity contribution in [3.63, 3.8) is 0 Å². The van der Waals surface area contributed by atoms with E-state index in [1.807, 2.05) is 50.2 Å². The van der Waals surface area contributed by atoms with Gasteiger partial charge in [-0.15, -0.1) is 0 Å². The van der Waals surface area contributed by atoms with Crippen molar-refractivity contribution in [2.45, 2.75) is 32.0 Å². The molecular formula is C26H27NO4. The molecule has 4 rings (SSSR count). The molecule has 0 radical (unpaired) electrons. The number of nitrogens with one attached hydrogen (secondary N) is 1. The third-order valence-corrected chi connectivity index (χ3v) is 5.91. The third-order valence-electron chi connectivity index (χ3n) is 5.91. The van der Waals surface area contributed by atoms with Crippen LogP contribution in [0.2, 0.25) is 0 Å². The van der Waals surface area contributed by atoms with Crippen LogP contribution in [-0.4, -0.2) is 35.6 Å². The van der Waals surface area contributed by atoms with Crippen molar-refractivity contribution in [1.82, 2.24) is 5.32 Å². The number of aliphatic hydroxyl groups excluding tert-OH is 2. The number of aryl methyl sites for hydroxylation is 2. The summed E-state index contributed by atoms with van der Waals surface area (Å²) < 4.78 is 5.47. The van der Waals surface area contributed by atoms with Crippen LogP contribution in [0, 0.1) is 13.8 Å². The molecule has 0 heterocycles. The molecule has 3 aromatic carbocycles. The van der Waals surface area contributed by atoms with Gasteiger partial charge in [-0.25, -0.2) is 4.79 Å². The van der Waals surface area contributed by atoms with E-state index in [0.717, 1.165) is 22.3 Å². The minimum atomic E-state index is -1.14. The van der Waals surface area contributed by atoms with Crippen LogP contribution in [-0.2, 0) is 4.74 Å². The monoisotopic (exact) mass is 417 g/mol. The average molecular weight is 418 g/mol. The Labute approximate surface area is 182 Å². The van der Waals surface area contributed by atoms with Crippen LogP contribution in [0.4, 0.5) is 4.79 Å². The number of fused-ring (bicyclic) bond motifs is 3. The summed E-state index contributed by atoms with van der Waals surface area (Å²) in [6, 6.07) is 21.9. The zero-order valence-electron chi connectivity index (χ0n) is 17.7. The molecule has 1 amide bonds. The predicted octanol–water partition coefficient (Wildman–Crippen LogP) is 4.24. The van der Waals surface area contributed by atoms with Crippen molar-refractivity contribution in [2.24, 2.45) is 0 Å². The summed E-state index contributed by atoms with van der Waals surface area (Å²) in [6.45, 7) is 3.95. The first kappa shape index (κ1) is 21.1. The normalized spacial score (nSPS) is 14.5. The van der Waals surface area contributed by atoms with Gasteiger partial charge in [0.05, 0.1) is 0 Å². The largest absolute Gasteiger partial charge is 0.449 e. The summed E-state index contributed by atoms with van der Waals surface area (Å²) >= 11 is 0. The number of amides is 1. The van der Waals surface area contributed by atoms with Gasteiger partial charge in [0.1, 0.15) is 18.8 Å². The average Bonchev–Trinajstić information content (AvgIpc) is 3.09. The summed E-state index contributed by atoms with van der Waals surface area (Å²) in [6.07, 6.45) is -2.84. The highest BCUT2D eigenvalue weighted by atomic mass is 16.5. The van der Waals surface area contributed by atoms with E-state index in [9.17, 15) is 15.0 Å². The number of hydrogen-bond donors (Lipinski definition) is 3. The Bertz CT molecular complexity index is 1050. The predicted molar refractivity (Wildman–Crippen MR) is 120 cm³/mol. The minimum Gasteiger partial charge on any atom is -0.449 e. The number of aliphatic hydroxyl groups is 2. The Morgan fingerprint density at radius 3 is 2.19 bits per heavy atom. The van der Waals surface area contributed by atoms with Gasteiger partial charge in [-0.1, -0.05) is 72.3 Å². The van der Waals surface area contributed by atoms with E-state index in [2.05, 4.69) is 29.6 Å². The maximum Gasteiger partial charge on any atom is 0.407 e. The lowest BCUT2D eigenvalue weighted by molar-refractivity contribution is 0.0182. The van der Waals surface area contributed by atoms with Crippen LogP contribution in [0.1, 0.15) is 39.8 Å². The zero-order valence-corrected chi connectivity index (χ0v) is 17.7. The highest BCUT2D eigenvalue weighted by Crippen LogP contribution is 2.44. The standard InChI is InChI=1S/C26H27NO4/c1-16-11-12-18(17(2)13-16)25(29)24(28)14-27-26(30)31-15-23-21-9-5-3-7-19(21)20-8-4-6-10-22(20)23/h3-13,23-25,28-29H,14-15H2,1-2H3,(H,27,30). The Kier molecular flexibility index (Phi) is 6.07. The Morgan fingerprint density at radius 2 is 1.58 bits per heavy atom. The highest BCUT2D eigenvalue weighted by molar-refractivity contribution is 5.79. The summed E-state index contributed by atoms with van der Waals surface area (Å²) in [7, 11) is 0. The van der Waals surface area contributed by atoms with E-state index in [1.165, 1.54) is 11.1 Å². The summed E-state index contributed by atoms with van der Waals surface area (Å²) in [5.41, 5.74) is 7.24. The smallest absolute Gasteiger partial charge is 0.407 e. The fourth-order valence-electron chi connectivity index (χ4n) is 4.31. The van der Waals surface area contributed by atoms with Gasteiger partial charge in [0.25, 0.3) is 0 Å². The van der Waals surface area contributed by atoms with Crippen LogP contribution < -0.4 is 5.32 Å². The number of carbonyl (C=O) groups excluding carboxylic acids is 1. The van der Waals surface area contributed by atoms with Gasteiger partial charge in [0, 0.05) is 12.5 Å². The molecule has 0 aliphatic heterocycles. The summed E-state index contributed by atoms with van der Waals surface area (Å²) in [5.74, 6) is -0.0242. The van der Waals surface area contributed by atoms with Crippen LogP contribution in [0.5, 0.6) is 0 Å². The first-order valence-electron chi connectivity index (χ1n) is 10.5. The molecule has 31 heavy (non-hydrogen) atoms. The van der Waals surface area contributed by atoms with Gasteiger partial charge in [-0.2, -0.15) is 0 Å². The first-order chi connectivity index (χ1) is 15.0. The van der Waals surface area contributed by atoms with E-state index in [0.29, 0.717) is 5.56 Å². The SMILES string of the molecule is Cc1ccc(C(O)C(O)CNC(=O)OCC2c3ccccc3-c3ccccc32)c(C)c1. The molecule has 3 aromatic rings. The molecule has 3 N–H and O–H groups in total. The maximum atomic E-state index is 12.3. The van der Waals surface area contributed by atoms with E-state index in [-0.39, 0.29) is 19.1 Å². The molecule has 2 atom stereocenters. The van der Waals surface area contributed by atoms with E-state index >= 15 is 0 Å². The molecule has 5 heteroatoms. The minimum absolute atomic E-state index is 0.0242. The number of rotatable bonds is 6. The number of ether oxygens (including phenoxy) is 1. The topological polar surface area (TPSA) is 78.8 Å². The van der Waals surface area contributed by atoms with Gasteiger partial charge in [0.2, 0.25) is 0 Å². The zero-order chi connectivity index (χ0) is 22.0. The van der Waals surface area contributed by atoms with Gasteiger partial charge in [0.15, 0.2) is 0 Å². The van der Waals surface area contributed by atoms with Crippen LogP contribution in [0.3, 0.4) is 0 Å². The van der Waals surface area contributed by atoms with Crippen LogP contribution in [0.25, 0.3) is 11.1 Å². The van der Waals surface area contributed by atoms with Gasteiger partial charge >= 0.3 is 6.09 Å². The van der Waals surface area contributed by atoms with Crippen molar-refractivity contribution < 1.29 is 19.7 Å². The lowest BCUT2D eigenvalue weighted by Gasteiger charge is -2.21. The molecule has 160 valence electrons. The number of hydrogen-bond acceptors (Lipinski definition) is 4. The summed E-state index contributed by atoms with van der Waals surface area (Å²) in [5, 5.41) is 23.4. The van der Waals surface area contributed by atoms with Crippen LogP contribution in [0.15, 0.2) is 66.7 Å². The fourth-order valence-corrected chi connectivity index (χ4v) is 4.31. The van der Waals surface area contributed by atoms with Crippen molar-refractivity contribution in [1.29, 1.82) is 0 Å². The van der Waals surface area contributed by atoms with Crippen molar-refractivity contribution in [3.05, 3.63) is 94.5 Å². The Hall–Kier alpha value is -3.15. The molecule has 0 spiro atoms. The highest BCUT2D eigenvalue weighted by Gasteiger charge is 2.29. The number of alkyl carbamates (subject to hydrolysis) is 1. The molecule has 2 unspecified atom stereocenters. The lowest BCUT2D eigenvalue weighted by Crippen LogP contribution is -2.36. The molecule has 0 saturated heterocycles. The van der Waals surface area contributed by atoms with Gasteiger partial charge in [-0.3, -0.25) is 0 Å². The number of benzene rings is 3. The summed E-state index contributed by atoms with van der Waals surface area (Å²) in [4.78, 5) is 12.3. The Balaban J connectivity index is 1.35. The lowest BCUT2D eigenvalue weighted by atomic mass is 9.98. The Morgan fingerprint density at radius 1 is 0.968 bits per heavy atom. The van der Waals surface area contributed by atoms with E-state index in [4.69, 9.17) is 4.74 Å². The molecule has 1 aliphatic rings. The van der Waals surface area contributed by atoms with Crippen molar-refractivity contribution in [3.8, 4) is 11.1 Å². The maximum absolute atomic E-state index is 12.3. The fraction of sp³-hybridized carbons (Fsp3) is 0.269. The van der Waals surface area contributed by atoms with Gasteiger partial charge in [-0.05, 0) is 47.2 Å². The second kappa shape index (κ2) is 8.92. The molecule has 0 aromatic heterocycles.